The smallest absolute Gasteiger partial charge is 0.319 e. The molecule has 2 unspecified atom stereocenters. The van der Waals surface area contributed by atoms with Crippen molar-refractivity contribution in [3.05, 3.63) is 47.4 Å². The molecule has 2 bridgehead atoms. The number of hydrogen-bond acceptors (Lipinski definition) is 8. The molecule has 42 heavy (non-hydrogen) atoms. The summed E-state index contributed by atoms with van der Waals surface area (Å²) in [5, 5.41) is 16.3. The van der Waals surface area contributed by atoms with E-state index in [4.69, 9.17) is 21.3 Å². The van der Waals surface area contributed by atoms with E-state index in [1.165, 1.54) is 6.07 Å². The summed E-state index contributed by atoms with van der Waals surface area (Å²) in [5.74, 6) is -0.0788. The van der Waals surface area contributed by atoms with E-state index in [9.17, 15) is 9.50 Å². The van der Waals surface area contributed by atoms with Crippen LogP contribution in [0, 0.1) is 5.82 Å². The Morgan fingerprint density at radius 3 is 2.81 bits per heavy atom. The zero-order valence-corrected chi connectivity index (χ0v) is 23.7. The first kappa shape index (κ1) is 26.3. The van der Waals surface area contributed by atoms with Crippen molar-refractivity contribution in [1.82, 2.24) is 25.2 Å². The standard InChI is InChI=1S/C31H31ClF2N6O2/c32-24-4-1-3-17-9-21(41)10-22(25(17)24)27-26(34)28-23(12-35-27)29(39-14-19-5-6-20(15-39)36-19)38-30(37-28)42-16-31-7-2-8-40(31)13-18(33)11-31/h1,3-4,9-10,12,18-20,36,41H,2,5-8,11,13-16H2/t18?,19-,20+,31?. The molecule has 4 atom stereocenters. The Hall–Kier alpha value is -3.34. The summed E-state index contributed by atoms with van der Waals surface area (Å²) >= 11 is 6.56. The Morgan fingerprint density at radius 2 is 1.98 bits per heavy atom. The van der Waals surface area contributed by atoms with Crippen LogP contribution in [0.25, 0.3) is 32.9 Å². The van der Waals surface area contributed by atoms with Crippen LogP contribution in [0.5, 0.6) is 11.8 Å². The number of piperazine rings is 1. The number of aromatic hydroxyl groups is 1. The van der Waals surface area contributed by atoms with E-state index >= 15 is 4.39 Å². The number of alkyl halides is 1. The zero-order valence-electron chi connectivity index (χ0n) is 23.0. The van der Waals surface area contributed by atoms with Gasteiger partial charge in [0.05, 0.1) is 10.9 Å². The summed E-state index contributed by atoms with van der Waals surface area (Å²) in [6, 6.07) is 9.12. The molecule has 4 aromatic rings. The highest BCUT2D eigenvalue weighted by atomic mass is 35.5. The van der Waals surface area contributed by atoms with Crippen LogP contribution < -0.4 is 15.0 Å². The van der Waals surface area contributed by atoms with Crippen molar-refractivity contribution >= 4 is 39.1 Å². The maximum Gasteiger partial charge on any atom is 0.319 e. The molecule has 0 amide bonds. The number of nitrogens with one attached hydrogen (secondary N) is 1. The van der Waals surface area contributed by atoms with Crippen molar-refractivity contribution < 1.29 is 18.6 Å². The minimum Gasteiger partial charge on any atom is -0.508 e. The summed E-state index contributed by atoms with van der Waals surface area (Å²) in [4.78, 5) is 18.3. The molecule has 4 aliphatic rings. The second-order valence-corrected chi connectivity index (χ2v) is 12.7. The van der Waals surface area contributed by atoms with Gasteiger partial charge in [0.1, 0.15) is 35.6 Å². The summed E-state index contributed by atoms with van der Waals surface area (Å²) in [6.45, 7) is 2.98. The van der Waals surface area contributed by atoms with Gasteiger partial charge in [-0.25, -0.2) is 8.78 Å². The second kappa shape index (κ2) is 9.86. The molecule has 2 aromatic carbocycles. The van der Waals surface area contributed by atoms with Gasteiger partial charge in [-0.1, -0.05) is 23.7 Å². The summed E-state index contributed by atoms with van der Waals surface area (Å²) in [7, 11) is 0. The number of nitrogens with zero attached hydrogens (tertiary/aromatic N) is 5. The molecule has 4 saturated heterocycles. The van der Waals surface area contributed by atoms with E-state index in [0.29, 0.717) is 57.6 Å². The predicted octanol–water partition coefficient (Wildman–Crippen LogP) is 5.24. The molecule has 218 valence electrons. The van der Waals surface area contributed by atoms with Crippen molar-refractivity contribution in [2.75, 3.05) is 37.7 Å². The van der Waals surface area contributed by atoms with E-state index in [-0.39, 0.29) is 35.1 Å². The van der Waals surface area contributed by atoms with Crippen molar-refractivity contribution in [2.24, 2.45) is 0 Å². The van der Waals surface area contributed by atoms with Gasteiger partial charge in [0, 0.05) is 60.3 Å². The van der Waals surface area contributed by atoms with Crippen molar-refractivity contribution in [3.8, 4) is 23.0 Å². The van der Waals surface area contributed by atoms with Gasteiger partial charge in [-0.05, 0) is 55.8 Å². The van der Waals surface area contributed by atoms with Crippen LogP contribution in [0.1, 0.15) is 32.1 Å². The van der Waals surface area contributed by atoms with Gasteiger partial charge in [0.15, 0.2) is 5.82 Å². The predicted molar refractivity (Wildman–Crippen MR) is 158 cm³/mol. The summed E-state index contributed by atoms with van der Waals surface area (Å²) in [6.07, 6.45) is 5.15. The summed E-state index contributed by atoms with van der Waals surface area (Å²) in [5.41, 5.74) is 0.109. The third-order valence-corrected chi connectivity index (χ3v) is 9.87. The third kappa shape index (κ3) is 4.26. The van der Waals surface area contributed by atoms with Crippen LogP contribution in [0.4, 0.5) is 14.6 Å². The Bertz CT molecular complexity index is 1710. The SMILES string of the molecule is Oc1cc(-c2ncc3c(N4C[C@H]5CC[C@@H](C4)N5)nc(OCC45CCCN4CC(F)C5)nc3c2F)c2c(Cl)cccc2c1. The lowest BCUT2D eigenvalue weighted by Gasteiger charge is -2.34. The van der Waals surface area contributed by atoms with E-state index < -0.39 is 12.0 Å². The fraction of sp³-hybridized carbons (Fsp3) is 0.452. The summed E-state index contributed by atoms with van der Waals surface area (Å²) < 4.78 is 37.3. The number of rotatable bonds is 5. The van der Waals surface area contributed by atoms with Gasteiger partial charge < -0.3 is 20.1 Å². The van der Waals surface area contributed by atoms with Crippen LogP contribution in [0.2, 0.25) is 5.02 Å². The highest BCUT2D eigenvalue weighted by Gasteiger charge is 2.49. The fourth-order valence-corrected chi connectivity index (χ4v) is 7.97. The molecule has 0 saturated carbocycles. The number of fused-ring (bicyclic) bond motifs is 5. The first-order valence-electron chi connectivity index (χ1n) is 14.7. The first-order chi connectivity index (χ1) is 20.4. The Morgan fingerprint density at radius 1 is 1.14 bits per heavy atom. The topological polar surface area (TPSA) is 86.6 Å². The third-order valence-electron chi connectivity index (χ3n) is 9.56. The van der Waals surface area contributed by atoms with E-state index in [2.05, 4.69) is 25.1 Å². The molecule has 2 N–H and O–H groups in total. The highest BCUT2D eigenvalue weighted by Crippen LogP contribution is 2.42. The van der Waals surface area contributed by atoms with Crippen molar-refractivity contribution in [3.63, 3.8) is 0 Å². The van der Waals surface area contributed by atoms with Gasteiger partial charge in [-0.15, -0.1) is 0 Å². The van der Waals surface area contributed by atoms with E-state index in [0.717, 1.165) is 45.3 Å². The van der Waals surface area contributed by atoms with Gasteiger partial charge in [-0.2, -0.15) is 9.97 Å². The zero-order chi connectivity index (χ0) is 28.6. The average molecular weight is 593 g/mol. The maximum atomic E-state index is 16.6. The lowest BCUT2D eigenvalue weighted by Crippen LogP contribution is -2.51. The molecular formula is C31H31ClF2N6O2. The molecule has 6 heterocycles. The molecule has 0 radical (unpaired) electrons. The lowest BCUT2D eigenvalue weighted by atomic mass is 9.95. The van der Waals surface area contributed by atoms with E-state index in [1.54, 1.807) is 24.4 Å². The monoisotopic (exact) mass is 592 g/mol. The van der Waals surface area contributed by atoms with Crippen molar-refractivity contribution in [1.29, 1.82) is 0 Å². The normalized spacial score (nSPS) is 27.3. The average Bonchev–Trinajstić information content (AvgIpc) is 3.61. The molecule has 4 aliphatic heterocycles. The number of halogens is 3. The first-order valence-corrected chi connectivity index (χ1v) is 15.1. The number of ether oxygens (including phenoxy) is 1. The lowest BCUT2D eigenvalue weighted by molar-refractivity contribution is 0.107. The molecule has 8 rings (SSSR count). The highest BCUT2D eigenvalue weighted by molar-refractivity contribution is 6.36. The largest absolute Gasteiger partial charge is 0.508 e. The van der Waals surface area contributed by atoms with Crippen LogP contribution in [0.15, 0.2) is 36.5 Å². The molecule has 11 heteroatoms. The Balaban J connectivity index is 1.26. The number of aromatic nitrogens is 3. The molecule has 0 spiro atoms. The Labute approximate surface area is 246 Å². The molecular weight excluding hydrogens is 562 g/mol. The number of anilines is 1. The van der Waals surface area contributed by atoms with Gasteiger partial charge in [0.25, 0.3) is 0 Å². The maximum absolute atomic E-state index is 16.6. The molecule has 0 aliphatic carbocycles. The van der Waals surface area contributed by atoms with E-state index in [1.807, 2.05) is 6.07 Å². The van der Waals surface area contributed by atoms with Gasteiger partial charge in [-0.3, -0.25) is 9.88 Å². The number of phenols is 1. The molecule has 4 fully saturated rings. The van der Waals surface area contributed by atoms with Gasteiger partial charge >= 0.3 is 6.01 Å². The Kier molecular flexibility index (Phi) is 6.17. The number of hydrogen-bond donors (Lipinski definition) is 2. The number of benzene rings is 2. The van der Waals surface area contributed by atoms with Crippen LogP contribution in [-0.4, -0.2) is 81.5 Å². The minimum atomic E-state index is -0.881. The quantitative estimate of drug-likeness (QED) is 0.325. The molecule has 2 aromatic heterocycles. The number of pyridine rings is 1. The van der Waals surface area contributed by atoms with Crippen LogP contribution in [0.3, 0.4) is 0 Å². The number of phenolic OH excluding ortho intramolecular Hbond substituents is 1. The van der Waals surface area contributed by atoms with Crippen LogP contribution in [-0.2, 0) is 0 Å². The van der Waals surface area contributed by atoms with Gasteiger partial charge in [0.2, 0.25) is 0 Å². The fourth-order valence-electron chi connectivity index (χ4n) is 7.69. The van der Waals surface area contributed by atoms with Crippen molar-refractivity contribution in [2.45, 2.75) is 55.9 Å². The molecule has 8 nitrogen and oxygen atoms in total. The minimum absolute atomic E-state index is 0.0205. The van der Waals surface area contributed by atoms with Crippen LogP contribution >= 0.6 is 11.6 Å². The second-order valence-electron chi connectivity index (χ2n) is 12.3.